The van der Waals surface area contributed by atoms with E-state index in [-0.39, 0.29) is 0 Å². The van der Waals surface area contributed by atoms with Crippen LogP contribution in [0.2, 0.25) is 0 Å². The third kappa shape index (κ3) is 4.52. The fourth-order valence-corrected chi connectivity index (χ4v) is 4.38. The molecular formula is C22H20N4OS2. The molecule has 29 heavy (non-hydrogen) atoms. The maximum atomic E-state index is 5.52. The quantitative estimate of drug-likeness (QED) is 0.383. The highest BCUT2D eigenvalue weighted by atomic mass is 32.1. The number of thiazole rings is 1. The van der Waals surface area contributed by atoms with E-state index in [0.29, 0.717) is 6.61 Å². The summed E-state index contributed by atoms with van der Waals surface area (Å²) >= 11 is 3.25. The SMILES string of the molecule is CCOc1ccc(N=c2scc(-c3cccs3)n2N=C(C)c2ccccn2)cc1. The van der Waals surface area contributed by atoms with Gasteiger partial charge in [-0.2, -0.15) is 5.10 Å². The second kappa shape index (κ2) is 8.98. The van der Waals surface area contributed by atoms with Crippen molar-refractivity contribution in [2.45, 2.75) is 13.8 Å². The Balaban J connectivity index is 1.80. The summed E-state index contributed by atoms with van der Waals surface area (Å²) in [6.45, 7) is 4.58. The average molecular weight is 421 g/mol. The Hall–Kier alpha value is -3.03. The molecule has 0 aliphatic heterocycles. The van der Waals surface area contributed by atoms with E-state index in [4.69, 9.17) is 14.8 Å². The first-order chi connectivity index (χ1) is 14.2. The molecule has 0 saturated carbocycles. The fourth-order valence-electron chi connectivity index (χ4n) is 2.74. The number of hydrogen-bond donors (Lipinski definition) is 0. The molecule has 7 heteroatoms. The van der Waals surface area contributed by atoms with Crippen LogP contribution in [0, 0.1) is 0 Å². The molecule has 0 aliphatic carbocycles. The molecule has 0 spiro atoms. The summed E-state index contributed by atoms with van der Waals surface area (Å²) < 4.78 is 7.42. The maximum Gasteiger partial charge on any atom is 0.211 e. The van der Waals surface area contributed by atoms with Crippen LogP contribution in [0.5, 0.6) is 5.75 Å². The van der Waals surface area contributed by atoms with E-state index in [0.717, 1.165) is 38.2 Å². The van der Waals surface area contributed by atoms with Crippen LogP contribution in [0.1, 0.15) is 19.5 Å². The molecule has 0 N–H and O–H groups in total. The predicted octanol–water partition coefficient (Wildman–Crippen LogP) is 5.58. The Morgan fingerprint density at radius 1 is 1.07 bits per heavy atom. The highest BCUT2D eigenvalue weighted by Gasteiger charge is 2.10. The summed E-state index contributed by atoms with van der Waals surface area (Å²) in [5, 5.41) is 9.01. The van der Waals surface area contributed by atoms with Crippen LogP contribution < -0.4 is 9.54 Å². The largest absolute Gasteiger partial charge is 0.494 e. The van der Waals surface area contributed by atoms with E-state index in [2.05, 4.69) is 21.8 Å². The lowest BCUT2D eigenvalue weighted by Crippen LogP contribution is -2.14. The summed E-state index contributed by atoms with van der Waals surface area (Å²) in [5.41, 5.74) is 3.54. The molecule has 0 fully saturated rings. The van der Waals surface area contributed by atoms with Crippen molar-refractivity contribution in [3.05, 3.63) is 82.0 Å². The summed E-state index contributed by atoms with van der Waals surface area (Å²) in [4.78, 5) is 11.2. The number of ether oxygens (including phenoxy) is 1. The Kier molecular flexibility index (Phi) is 5.97. The zero-order chi connectivity index (χ0) is 20.1. The van der Waals surface area contributed by atoms with E-state index in [1.807, 2.05) is 67.1 Å². The molecule has 0 bridgehead atoms. The number of benzene rings is 1. The van der Waals surface area contributed by atoms with Crippen LogP contribution >= 0.6 is 22.7 Å². The zero-order valence-corrected chi connectivity index (χ0v) is 17.8. The predicted molar refractivity (Wildman–Crippen MR) is 120 cm³/mol. The summed E-state index contributed by atoms with van der Waals surface area (Å²) in [7, 11) is 0. The number of thiophene rings is 1. The number of nitrogens with zero attached hydrogens (tertiary/aromatic N) is 4. The van der Waals surface area contributed by atoms with Gasteiger partial charge in [-0.05, 0) is 61.7 Å². The molecule has 0 radical (unpaired) electrons. The first-order valence-corrected chi connectivity index (χ1v) is 11.0. The summed E-state index contributed by atoms with van der Waals surface area (Å²) in [6, 6.07) is 17.7. The molecule has 0 aliphatic rings. The van der Waals surface area contributed by atoms with Crippen LogP contribution in [0.25, 0.3) is 10.6 Å². The monoisotopic (exact) mass is 420 g/mol. The first-order valence-electron chi connectivity index (χ1n) is 9.23. The number of pyridine rings is 1. The van der Waals surface area contributed by atoms with Crippen molar-refractivity contribution in [3.63, 3.8) is 0 Å². The normalized spacial score (nSPS) is 12.3. The zero-order valence-electron chi connectivity index (χ0n) is 16.1. The molecule has 0 atom stereocenters. The van der Waals surface area contributed by atoms with Crippen LogP contribution in [0.4, 0.5) is 5.69 Å². The lowest BCUT2D eigenvalue weighted by Gasteiger charge is -2.05. The van der Waals surface area contributed by atoms with Gasteiger partial charge in [0, 0.05) is 11.6 Å². The van der Waals surface area contributed by atoms with Crippen molar-refractivity contribution in [2.24, 2.45) is 10.1 Å². The Morgan fingerprint density at radius 3 is 2.62 bits per heavy atom. The molecule has 0 amide bonds. The maximum absolute atomic E-state index is 5.52. The van der Waals surface area contributed by atoms with Gasteiger partial charge in [-0.1, -0.05) is 12.1 Å². The van der Waals surface area contributed by atoms with Crippen LogP contribution in [0.3, 0.4) is 0 Å². The van der Waals surface area contributed by atoms with Gasteiger partial charge in [0.1, 0.15) is 5.75 Å². The number of rotatable bonds is 6. The van der Waals surface area contributed by atoms with Crippen molar-refractivity contribution in [3.8, 4) is 16.3 Å². The molecule has 0 unspecified atom stereocenters. The minimum absolute atomic E-state index is 0.646. The third-order valence-electron chi connectivity index (χ3n) is 4.12. The van der Waals surface area contributed by atoms with Crippen molar-refractivity contribution < 1.29 is 4.74 Å². The Morgan fingerprint density at radius 2 is 1.93 bits per heavy atom. The molecule has 1 aromatic carbocycles. The molecule has 4 rings (SSSR count). The van der Waals surface area contributed by atoms with E-state index >= 15 is 0 Å². The van der Waals surface area contributed by atoms with Gasteiger partial charge in [0.2, 0.25) is 4.80 Å². The minimum atomic E-state index is 0.646. The lowest BCUT2D eigenvalue weighted by molar-refractivity contribution is 0.340. The van der Waals surface area contributed by atoms with Gasteiger partial charge in [-0.15, -0.1) is 22.7 Å². The van der Waals surface area contributed by atoms with Gasteiger partial charge in [-0.25, -0.2) is 9.67 Å². The lowest BCUT2D eigenvalue weighted by atomic mass is 10.3. The van der Waals surface area contributed by atoms with E-state index in [1.54, 1.807) is 28.9 Å². The number of aromatic nitrogens is 2. The van der Waals surface area contributed by atoms with E-state index < -0.39 is 0 Å². The van der Waals surface area contributed by atoms with Crippen molar-refractivity contribution in [2.75, 3.05) is 6.61 Å². The second-order valence-electron chi connectivity index (χ2n) is 6.13. The van der Waals surface area contributed by atoms with Gasteiger partial charge in [0.25, 0.3) is 0 Å². The van der Waals surface area contributed by atoms with Crippen LogP contribution in [-0.4, -0.2) is 22.0 Å². The van der Waals surface area contributed by atoms with Crippen LogP contribution in [0.15, 0.2) is 81.6 Å². The first kappa shape index (κ1) is 19.3. The molecule has 146 valence electrons. The van der Waals surface area contributed by atoms with E-state index in [9.17, 15) is 0 Å². The van der Waals surface area contributed by atoms with Gasteiger partial charge in [0.05, 0.1) is 34.3 Å². The molecule has 4 aromatic rings. The second-order valence-corrected chi connectivity index (χ2v) is 7.92. The molecular weight excluding hydrogens is 400 g/mol. The Bertz CT molecular complexity index is 1160. The van der Waals surface area contributed by atoms with E-state index in [1.165, 1.54) is 0 Å². The van der Waals surface area contributed by atoms with Crippen molar-refractivity contribution in [1.29, 1.82) is 0 Å². The van der Waals surface area contributed by atoms with Gasteiger partial charge >= 0.3 is 0 Å². The molecule has 5 nitrogen and oxygen atoms in total. The molecule has 3 aromatic heterocycles. The standard InChI is InChI=1S/C22H20N4OS2/c1-3-27-18-11-9-17(10-12-18)24-22-26(20(15-29-22)21-8-6-14-28-21)25-16(2)19-7-4-5-13-23-19/h4-15H,3H2,1-2H3. The third-order valence-corrected chi connectivity index (χ3v) is 5.83. The average Bonchev–Trinajstić information content (AvgIpc) is 3.41. The molecule has 3 heterocycles. The van der Waals surface area contributed by atoms with Crippen LogP contribution in [-0.2, 0) is 0 Å². The van der Waals surface area contributed by atoms with Crippen molar-refractivity contribution >= 4 is 34.1 Å². The smallest absolute Gasteiger partial charge is 0.211 e. The van der Waals surface area contributed by atoms with Gasteiger partial charge in [-0.3, -0.25) is 4.98 Å². The highest BCUT2D eigenvalue weighted by molar-refractivity contribution is 7.14. The topological polar surface area (TPSA) is 51.8 Å². The Labute approximate surface area is 177 Å². The molecule has 0 saturated heterocycles. The van der Waals surface area contributed by atoms with Gasteiger partial charge in [0.15, 0.2) is 0 Å². The minimum Gasteiger partial charge on any atom is -0.494 e. The number of hydrogen-bond acceptors (Lipinski definition) is 6. The fraction of sp³-hybridized carbons (Fsp3) is 0.136. The van der Waals surface area contributed by atoms with Gasteiger partial charge < -0.3 is 4.74 Å². The highest BCUT2D eigenvalue weighted by Crippen LogP contribution is 2.26. The summed E-state index contributed by atoms with van der Waals surface area (Å²) in [6.07, 6.45) is 1.78. The summed E-state index contributed by atoms with van der Waals surface area (Å²) in [5.74, 6) is 0.841. The van der Waals surface area contributed by atoms with Crippen molar-refractivity contribution in [1.82, 2.24) is 9.66 Å².